The van der Waals surface area contributed by atoms with E-state index in [2.05, 4.69) is 15.3 Å². The number of amides is 1. The van der Waals surface area contributed by atoms with Gasteiger partial charge >= 0.3 is 0 Å². The number of rotatable bonds is 4. The van der Waals surface area contributed by atoms with Gasteiger partial charge in [-0.3, -0.25) is 9.20 Å². The van der Waals surface area contributed by atoms with E-state index in [1.165, 1.54) is 12.8 Å². The molecule has 0 aliphatic heterocycles. The Balaban J connectivity index is 1.77. The van der Waals surface area contributed by atoms with Gasteiger partial charge in [-0.05, 0) is 38.0 Å². The van der Waals surface area contributed by atoms with Crippen molar-refractivity contribution in [2.75, 3.05) is 0 Å². The van der Waals surface area contributed by atoms with Gasteiger partial charge in [0.1, 0.15) is 5.69 Å². The number of nitrogens with one attached hydrogen (secondary N) is 1. The van der Waals surface area contributed by atoms with Crippen LogP contribution in [-0.4, -0.2) is 26.3 Å². The lowest BCUT2D eigenvalue weighted by molar-refractivity contribution is 0.0929. The summed E-state index contributed by atoms with van der Waals surface area (Å²) in [5.41, 5.74) is 9.54. The van der Waals surface area contributed by atoms with Gasteiger partial charge in [0.2, 0.25) is 5.78 Å². The van der Waals surface area contributed by atoms with Gasteiger partial charge in [-0.15, -0.1) is 0 Å². The number of aromatic nitrogens is 3. The Bertz CT molecular complexity index is 1090. The molecule has 1 saturated carbocycles. The molecule has 3 N–H and O–H groups in total. The smallest absolute Gasteiger partial charge is 0.271 e. The van der Waals surface area contributed by atoms with Crippen LogP contribution in [0.3, 0.4) is 0 Å². The molecule has 0 unspecified atom stereocenters. The molecule has 0 atom stereocenters. The molecule has 158 valence electrons. The predicted octanol–water partition coefficient (Wildman–Crippen LogP) is 4.92. The number of imidazole rings is 1. The number of hydrogen-bond acceptors (Lipinski definition) is 4. The van der Waals surface area contributed by atoms with E-state index in [9.17, 15) is 4.79 Å². The van der Waals surface area contributed by atoms with E-state index in [1.807, 2.05) is 13.0 Å². The van der Waals surface area contributed by atoms with Crippen molar-refractivity contribution in [1.29, 1.82) is 0 Å². The molecular weight excluding hydrogens is 421 g/mol. The minimum absolute atomic E-state index is 0.174. The summed E-state index contributed by atoms with van der Waals surface area (Å²) in [6, 6.07) is 5.52. The molecule has 8 heteroatoms. The third-order valence-electron chi connectivity index (χ3n) is 5.73. The summed E-state index contributed by atoms with van der Waals surface area (Å²) < 4.78 is 1.80. The number of halogens is 2. The maximum atomic E-state index is 12.9. The van der Waals surface area contributed by atoms with Gasteiger partial charge in [-0.25, -0.2) is 9.97 Å². The Labute approximate surface area is 185 Å². The quantitative estimate of drug-likeness (QED) is 0.557. The standard InChI is InChI=1S/C22H25Cl2N5O/c1-13-17(11-25)20(16-9-8-14(23)10-18(16)24)29-12-19(28-22(29)26-13)21(30)27-15-6-4-2-3-5-7-15/h8-10,12,15H,2-7,11,25H2,1H3,(H,27,30). The van der Waals surface area contributed by atoms with Crippen molar-refractivity contribution in [3.63, 3.8) is 0 Å². The highest BCUT2D eigenvalue weighted by molar-refractivity contribution is 6.36. The van der Waals surface area contributed by atoms with Crippen LogP contribution in [0, 0.1) is 6.92 Å². The Kier molecular flexibility index (Phi) is 6.27. The number of hydrogen-bond donors (Lipinski definition) is 2. The molecule has 1 aromatic carbocycles. The highest BCUT2D eigenvalue weighted by Gasteiger charge is 2.22. The SMILES string of the molecule is Cc1nc2nc(C(=O)NC3CCCCCC3)cn2c(-c2ccc(Cl)cc2Cl)c1CN. The van der Waals surface area contributed by atoms with E-state index < -0.39 is 0 Å². The topological polar surface area (TPSA) is 85.3 Å². The largest absolute Gasteiger partial charge is 0.348 e. The van der Waals surface area contributed by atoms with Gasteiger partial charge in [0.05, 0.1) is 10.7 Å². The van der Waals surface area contributed by atoms with Crippen molar-refractivity contribution in [3.8, 4) is 11.3 Å². The first-order valence-corrected chi connectivity index (χ1v) is 11.1. The molecule has 2 heterocycles. The molecular formula is C22H25Cl2N5O. The number of carbonyl (C=O) groups excluding carboxylic acids is 1. The molecule has 1 amide bonds. The number of aryl methyl sites for hydroxylation is 1. The number of carbonyl (C=O) groups is 1. The highest BCUT2D eigenvalue weighted by Crippen LogP contribution is 2.34. The number of nitrogens with two attached hydrogens (primary N) is 1. The summed E-state index contributed by atoms with van der Waals surface area (Å²) in [7, 11) is 0. The van der Waals surface area contributed by atoms with Crippen molar-refractivity contribution in [1.82, 2.24) is 19.7 Å². The summed E-state index contributed by atoms with van der Waals surface area (Å²) in [6.45, 7) is 2.17. The number of nitrogens with zero attached hydrogens (tertiary/aromatic N) is 3. The molecule has 0 bridgehead atoms. The van der Waals surface area contributed by atoms with E-state index in [1.54, 1.807) is 22.7 Å². The van der Waals surface area contributed by atoms with E-state index in [4.69, 9.17) is 28.9 Å². The van der Waals surface area contributed by atoms with Crippen LogP contribution >= 0.6 is 23.2 Å². The third-order valence-corrected chi connectivity index (χ3v) is 6.28. The van der Waals surface area contributed by atoms with E-state index in [0.29, 0.717) is 21.5 Å². The highest BCUT2D eigenvalue weighted by atomic mass is 35.5. The van der Waals surface area contributed by atoms with Gasteiger partial charge < -0.3 is 11.1 Å². The average molecular weight is 446 g/mol. The monoisotopic (exact) mass is 445 g/mol. The average Bonchev–Trinajstić information content (AvgIpc) is 2.96. The minimum atomic E-state index is -0.174. The zero-order chi connectivity index (χ0) is 21.3. The lowest BCUT2D eigenvalue weighted by Gasteiger charge is -2.15. The van der Waals surface area contributed by atoms with Crippen LogP contribution in [0.25, 0.3) is 17.0 Å². The molecule has 0 saturated heterocycles. The van der Waals surface area contributed by atoms with Gasteiger partial charge in [0, 0.05) is 40.6 Å². The van der Waals surface area contributed by atoms with Gasteiger partial charge in [0.25, 0.3) is 5.91 Å². The predicted molar refractivity (Wildman–Crippen MR) is 120 cm³/mol. The van der Waals surface area contributed by atoms with E-state index >= 15 is 0 Å². The summed E-state index contributed by atoms with van der Waals surface area (Å²) >= 11 is 12.6. The molecule has 4 rings (SSSR count). The van der Waals surface area contributed by atoms with Crippen molar-refractivity contribution in [3.05, 3.63) is 51.4 Å². The molecule has 0 spiro atoms. The molecule has 0 radical (unpaired) electrons. The van der Waals surface area contributed by atoms with Crippen LogP contribution in [0.2, 0.25) is 10.0 Å². The van der Waals surface area contributed by atoms with Crippen LogP contribution in [0.15, 0.2) is 24.4 Å². The second-order valence-corrected chi connectivity index (χ2v) is 8.65. The number of fused-ring (bicyclic) bond motifs is 1. The first kappa shape index (κ1) is 21.1. The first-order chi connectivity index (χ1) is 14.5. The second-order valence-electron chi connectivity index (χ2n) is 7.81. The second kappa shape index (κ2) is 8.92. The Morgan fingerprint density at radius 3 is 2.60 bits per heavy atom. The molecule has 3 aromatic rings. The Hall–Kier alpha value is -2.15. The van der Waals surface area contributed by atoms with Gasteiger partial charge in [-0.2, -0.15) is 0 Å². The van der Waals surface area contributed by atoms with Crippen molar-refractivity contribution in [2.24, 2.45) is 5.73 Å². The molecule has 1 fully saturated rings. The normalized spacial score (nSPS) is 15.3. The Morgan fingerprint density at radius 1 is 1.20 bits per heavy atom. The van der Waals surface area contributed by atoms with Crippen LogP contribution in [0.5, 0.6) is 0 Å². The Morgan fingerprint density at radius 2 is 1.93 bits per heavy atom. The maximum Gasteiger partial charge on any atom is 0.271 e. The summed E-state index contributed by atoms with van der Waals surface area (Å²) in [4.78, 5) is 22.0. The number of benzene rings is 1. The summed E-state index contributed by atoms with van der Waals surface area (Å²) in [6.07, 6.45) is 8.51. The maximum absolute atomic E-state index is 12.9. The summed E-state index contributed by atoms with van der Waals surface area (Å²) in [5.74, 6) is 0.268. The van der Waals surface area contributed by atoms with Crippen LogP contribution in [0.4, 0.5) is 0 Å². The molecule has 1 aliphatic rings. The van der Waals surface area contributed by atoms with Crippen molar-refractivity contribution in [2.45, 2.75) is 58.0 Å². The van der Waals surface area contributed by atoms with Crippen LogP contribution in [0.1, 0.15) is 60.3 Å². The van der Waals surface area contributed by atoms with Crippen molar-refractivity contribution >= 4 is 34.9 Å². The zero-order valence-corrected chi connectivity index (χ0v) is 18.4. The van der Waals surface area contributed by atoms with Gasteiger partial charge in [0.15, 0.2) is 0 Å². The van der Waals surface area contributed by atoms with E-state index in [0.717, 1.165) is 48.2 Å². The lowest BCUT2D eigenvalue weighted by atomic mass is 10.0. The minimum Gasteiger partial charge on any atom is -0.348 e. The molecule has 6 nitrogen and oxygen atoms in total. The third kappa shape index (κ3) is 4.17. The van der Waals surface area contributed by atoms with Crippen molar-refractivity contribution < 1.29 is 4.79 Å². The molecule has 30 heavy (non-hydrogen) atoms. The fraction of sp³-hybridized carbons (Fsp3) is 0.409. The summed E-state index contributed by atoms with van der Waals surface area (Å²) in [5, 5.41) is 4.20. The molecule has 1 aliphatic carbocycles. The van der Waals surface area contributed by atoms with Gasteiger partial charge in [-0.1, -0.05) is 48.9 Å². The zero-order valence-electron chi connectivity index (χ0n) is 16.9. The lowest BCUT2D eigenvalue weighted by Crippen LogP contribution is -2.34. The van der Waals surface area contributed by atoms with Crippen LogP contribution in [-0.2, 0) is 6.54 Å². The fourth-order valence-corrected chi connectivity index (χ4v) is 4.66. The molecule has 2 aromatic heterocycles. The fourth-order valence-electron chi connectivity index (χ4n) is 4.16. The first-order valence-electron chi connectivity index (χ1n) is 10.3. The van der Waals surface area contributed by atoms with E-state index in [-0.39, 0.29) is 18.5 Å². The van der Waals surface area contributed by atoms with Crippen LogP contribution < -0.4 is 11.1 Å².